The van der Waals surface area contributed by atoms with E-state index in [2.05, 4.69) is 10.3 Å². The Morgan fingerprint density at radius 1 is 1.32 bits per heavy atom. The number of nitrogens with one attached hydrogen (secondary N) is 1. The molecule has 1 N–H and O–H groups in total. The van der Waals surface area contributed by atoms with Crippen LogP contribution in [0.1, 0.15) is 21.6 Å². The molecule has 2 aromatic heterocycles. The lowest BCUT2D eigenvalue weighted by molar-refractivity contribution is 0.0948. The number of ether oxygens (including phenoxy) is 2. The van der Waals surface area contributed by atoms with Crippen LogP contribution in [0.2, 0.25) is 0 Å². The van der Waals surface area contributed by atoms with E-state index in [0.717, 1.165) is 11.3 Å². The predicted octanol–water partition coefficient (Wildman–Crippen LogP) is 2.01. The van der Waals surface area contributed by atoms with Crippen LogP contribution in [0.3, 0.4) is 0 Å². The first kappa shape index (κ1) is 17.0. The molecule has 0 saturated heterocycles. The van der Waals surface area contributed by atoms with Crippen molar-refractivity contribution in [3.8, 4) is 11.5 Å². The molecule has 3 rings (SSSR count). The molecule has 0 bridgehead atoms. The van der Waals surface area contributed by atoms with Crippen LogP contribution in [0.25, 0.3) is 4.96 Å². The summed E-state index contributed by atoms with van der Waals surface area (Å²) in [5, 5.41) is 4.56. The van der Waals surface area contributed by atoms with Gasteiger partial charge in [0.1, 0.15) is 17.1 Å². The third-order valence-electron chi connectivity index (χ3n) is 3.79. The normalized spacial score (nSPS) is 10.7. The van der Waals surface area contributed by atoms with Gasteiger partial charge in [0, 0.05) is 35.4 Å². The average Bonchev–Trinajstić information content (AvgIpc) is 3.01. The van der Waals surface area contributed by atoms with Gasteiger partial charge in [0.15, 0.2) is 4.96 Å². The highest BCUT2D eigenvalue weighted by Gasteiger charge is 2.15. The first-order chi connectivity index (χ1) is 12.0. The molecular weight excluding hydrogens is 342 g/mol. The number of aromatic nitrogens is 2. The number of hydrogen-bond donors (Lipinski definition) is 1. The molecule has 0 radical (unpaired) electrons. The summed E-state index contributed by atoms with van der Waals surface area (Å²) in [6, 6.07) is 5.31. The van der Waals surface area contributed by atoms with Gasteiger partial charge in [0.05, 0.1) is 14.2 Å². The zero-order valence-electron chi connectivity index (χ0n) is 14.0. The van der Waals surface area contributed by atoms with E-state index < -0.39 is 5.91 Å². The van der Waals surface area contributed by atoms with Crippen LogP contribution in [0.15, 0.2) is 34.6 Å². The second kappa shape index (κ2) is 6.94. The Kier molecular flexibility index (Phi) is 4.71. The summed E-state index contributed by atoms with van der Waals surface area (Å²) in [6.07, 6.45) is 1.31. The average molecular weight is 359 g/mol. The summed E-state index contributed by atoms with van der Waals surface area (Å²) >= 11 is 1.36. The molecule has 8 heteroatoms. The Bertz CT molecular complexity index is 993. The molecular formula is C17H17N3O4S. The second-order valence-corrected chi connectivity index (χ2v) is 6.17. The van der Waals surface area contributed by atoms with Crippen molar-refractivity contribution in [2.75, 3.05) is 14.2 Å². The van der Waals surface area contributed by atoms with Gasteiger partial charge in [-0.05, 0) is 19.1 Å². The maximum Gasteiger partial charge on any atom is 0.271 e. The van der Waals surface area contributed by atoms with E-state index in [1.807, 2.05) is 5.38 Å². The lowest BCUT2D eigenvalue weighted by atomic mass is 10.2. The van der Waals surface area contributed by atoms with Crippen LogP contribution in [-0.2, 0) is 6.54 Å². The zero-order chi connectivity index (χ0) is 18.0. The number of fused-ring (bicyclic) bond motifs is 1. The Hall–Kier alpha value is -2.87. The third kappa shape index (κ3) is 3.20. The summed E-state index contributed by atoms with van der Waals surface area (Å²) in [5.74, 6) is 0.779. The minimum Gasteiger partial charge on any atom is -0.497 e. The molecule has 0 aliphatic carbocycles. The molecule has 0 saturated carbocycles. The van der Waals surface area contributed by atoms with Crippen LogP contribution in [0.5, 0.6) is 11.5 Å². The highest BCUT2D eigenvalue weighted by atomic mass is 32.1. The lowest BCUT2D eigenvalue weighted by Gasteiger charge is -2.11. The largest absolute Gasteiger partial charge is 0.497 e. The number of benzene rings is 1. The second-order valence-electron chi connectivity index (χ2n) is 5.33. The Labute approximate surface area is 147 Å². The van der Waals surface area contributed by atoms with E-state index in [1.165, 1.54) is 21.9 Å². The molecule has 0 aliphatic heterocycles. The molecule has 0 spiro atoms. The fraction of sp³-hybridized carbons (Fsp3) is 0.235. The van der Waals surface area contributed by atoms with E-state index in [9.17, 15) is 9.59 Å². The van der Waals surface area contributed by atoms with Gasteiger partial charge >= 0.3 is 0 Å². The van der Waals surface area contributed by atoms with Crippen LogP contribution in [-0.4, -0.2) is 29.5 Å². The summed E-state index contributed by atoms with van der Waals surface area (Å²) < 4.78 is 11.9. The van der Waals surface area contributed by atoms with E-state index in [-0.39, 0.29) is 17.7 Å². The van der Waals surface area contributed by atoms with Gasteiger partial charge in [-0.3, -0.25) is 14.0 Å². The topological polar surface area (TPSA) is 81.9 Å². The smallest absolute Gasteiger partial charge is 0.271 e. The van der Waals surface area contributed by atoms with Gasteiger partial charge in [-0.1, -0.05) is 0 Å². The van der Waals surface area contributed by atoms with Crippen molar-refractivity contribution in [2.45, 2.75) is 13.5 Å². The summed E-state index contributed by atoms with van der Waals surface area (Å²) in [4.78, 5) is 29.6. The van der Waals surface area contributed by atoms with Crippen molar-refractivity contribution >= 4 is 22.2 Å². The van der Waals surface area contributed by atoms with E-state index in [0.29, 0.717) is 16.5 Å². The van der Waals surface area contributed by atoms with E-state index in [4.69, 9.17) is 9.47 Å². The lowest BCUT2D eigenvalue weighted by Crippen LogP contribution is -2.31. The molecule has 3 aromatic rings. The standard InChI is InChI=1S/C17H17N3O4S/c1-10-9-25-17-19-8-13(16(22)20(10)17)15(21)18-7-11-4-5-12(23-2)6-14(11)24-3/h4-6,8-9H,7H2,1-3H3,(H,18,21). The molecule has 7 nitrogen and oxygen atoms in total. The maximum atomic E-state index is 12.5. The minimum atomic E-state index is -0.477. The van der Waals surface area contributed by atoms with Gasteiger partial charge in [-0.15, -0.1) is 11.3 Å². The predicted molar refractivity (Wildman–Crippen MR) is 94.8 cm³/mol. The molecule has 25 heavy (non-hydrogen) atoms. The quantitative estimate of drug-likeness (QED) is 0.754. The number of thiazole rings is 1. The van der Waals surface area contributed by atoms with Crippen LogP contribution < -0.4 is 20.3 Å². The highest BCUT2D eigenvalue weighted by Crippen LogP contribution is 2.24. The molecule has 130 valence electrons. The first-order valence-electron chi connectivity index (χ1n) is 7.50. The molecule has 0 atom stereocenters. The monoisotopic (exact) mass is 359 g/mol. The number of nitrogens with zero attached hydrogens (tertiary/aromatic N) is 2. The molecule has 0 aliphatic rings. The van der Waals surface area contributed by atoms with Crippen molar-refractivity contribution < 1.29 is 14.3 Å². The number of aryl methyl sites for hydroxylation is 1. The van der Waals surface area contributed by atoms with Gasteiger partial charge in [0.25, 0.3) is 11.5 Å². The Balaban J connectivity index is 1.83. The molecule has 0 fully saturated rings. The first-order valence-corrected chi connectivity index (χ1v) is 8.38. The number of methoxy groups -OCH3 is 2. The fourth-order valence-electron chi connectivity index (χ4n) is 2.45. The van der Waals surface area contributed by atoms with Crippen LogP contribution >= 0.6 is 11.3 Å². The summed E-state index contributed by atoms with van der Waals surface area (Å²) in [7, 11) is 3.11. The summed E-state index contributed by atoms with van der Waals surface area (Å²) in [5.41, 5.74) is 1.16. The minimum absolute atomic E-state index is 0.00600. The Morgan fingerprint density at radius 2 is 2.12 bits per heavy atom. The number of carbonyl (C=O) groups is 1. The molecule has 2 heterocycles. The number of amides is 1. The Morgan fingerprint density at radius 3 is 2.84 bits per heavy atom. The molecule has 1 amide bonds. The van der Waals surface area contributed by atoms with Gasteiger partial charge in [-0.25, -0.2) is 4.98 Å². The highest BCUT2D eigenvalue weighted by molar-refractivity contribution is 7.15. The van der Waals surface area contributed by atoms with Crippen molar-refractivity contribution in [1.29, 1.82) is 0 Å². The van der Waals surface area contributed by atoms with Crippen molar-refractivity contribution in [2.24, 2.45) is 0 Å². The summed E-state index contributed by atoms with van der Waals surface area (Å²) in [6.45, 7) is 2.02. The molecule has 0 unspecified atom stereocenters. The maximum absolute atomic E-state index is 12.5. The number of rotatable bonds is 5. The number of carbonyl (C=O) groups excluding carboxylic acids is 1. The van der Waals surface area contributed by atoms with Gasteiger partial charge < -0.3 is 14.8 Å². The molecule has 1 aromatic carbocycles. The third-order valence-corrected chi connectivity index (χ3v) is 4.75. The van der Waals surface area contributed by atoms with Gasteiger partial charge in [-0.2, -0.15) is 0 Å². The van der Waals surface area contributed by atoms with Crippen LogP contribution in [0.4, 0.5) is 0 Å². The van der Waals surface area contributed by atoms with Crippen molar-refractivity contribution in [3.05, 3.63) is 57.0 Å². The van der Waals surface area contributed by atoms with Crippen LogP contribution in [0, 0.1) is 6.92 Å². The van der Waals surface area contributed by atoms with Gasteiger partial charge in [0.2, 0.25) is 0 Å². The number of hydrogen-bond acceptors (Lipinski definition) is 6. The van der Waals surface area contributed by atoms with Crippen molar-refractivity contribution in [3.63, 3.8) is 0 Å². The van der Waals surface area contributed by atoms with E-state index >= 15 is 0 Å². The van der Waals surface area contributed by atoms with E-state index in [1.54, 1.807) is 39.3 Å². The SMILES string of the molecule is COc1ccc(CNC(=O)c2cnc3scc(C)n3c2=O)c(OC)c1. The fourth-order valence-corrected chi connectivity index (χ4v) is 3.28. The zero-order valence-corrected chi connectivity index (χ0v) is 14.8. The van der Waals surface area contributed by atoms with Crippen molar-refractivity contribution in [1.82, 2.24) is 14.7 Å².